The molecule has 57 heavy (non-hydrogen) atoms. The summed E-state index contributed by atoms with van der Waals surface area (Å²) in [6, 6.07) is 0. The van der Waals surface area contributed by atoms with Crippen molar-refractivity contribution in [2.24, 2.45) is 0 Å². The number of hydrogen-bond donors (Lipinski definition) is 4. The second-order valence-electron chi connectivity index (χ2n) is 16.2. The summed E-state index contributed by atoms with van der Waals surface area (Å²) >= 11 is 0. The lowest BCUT2D eigenvalue weighted by Gasteiger charge is -2.39. The Labute approximate surface area is 347 Å². The molecule has 0 aromatic heterocycles. The summed E-state index contributed by atoms with van der Waals surface area (Å²) in [6.45, 7) is 3.41. The van der Waals surface area contributed by atoms with E-state index < -0.39 is 49.4 Å². The van der Waals surface area contributed by atoms with Gasteiger partial charge in [0.1, 0.15) is 31.0 Å². The summed E-state index contributed by atoms with van der Waals surface area (Å²) in [5.41, 5.74) is 0. The number of aliphatic hydroxyl groups is 4. The van der Waals surface area contributed by atoms with Gasteiger partial charge in [-0.1, -0.05) is 173 Å². The molecular weight excluding hydrogens is 725 g/mol. The Morgan fingerprint density at radius 1 is 0.544 bits per heavy atom. The summed E-state index contributed by atoms with van der Waals surface area (Å²) < 4.78 is 22.2. The van der Waals surface area contributed by atoms with E-state index in [4.69, 9.17) is 18.9 Å². The third-order valence-corrected chi connectivity index (χ3v) is 10.8. The molecule has 1 aliphatic heterocycles. The molecule has 0 bridgehead atoms. The van der Waals surface area contributed by atoms with E-state index in [0.29, 0.717) is 6.42 Å². The lowest BCUT2D eigenvalue weighted by Crippen LogP contribution is -2.59. The van der Waals surface area contributed by atoms with Crippen LogP contribution in [0.2, 0.25) is 0 Å². The molecule has 4 N–H and O–H groups in total. The first kappa shape index (κ1) is 53.2. The molecule has 2 unspecified atom stereocenters. The van der Waals surface area contributed by atoms with Gasteiger partial charge in [-0.05, 0) is 44.9 Å². The van der Waals surface area contributed by atoms with Crippen molar-refractivity contribution in [1.29, 1.82) is 0 Å². The Kier molecular flexibility index (Phi) is 35.8. The second-order valence-corrected chi connectivity index (χ2v) is 16.2. The van der Waals surface area contributed by atoms with E-state index >= 15 is 0 Å². The van der Waals surface area contributed by atoms with E-state index in [1.54, 1.807) is 0 Å². The zero-order valence-electron chi connectivity index (χ0n) is 36.3. The van der Waals surface area contributed by atoms with Gasteiger partial charge in [-0.25, -0.2) is 0 Å². The topological polar surface area (TPSA) is 152 Å². The number of hydrogen-bond acceptors (Lipinski definition) is 10. The molecule has 0 saturated carbocycles. The zero-order chi connectivity index (χ0) is 41.6. The molecule has 10 heteroatoms. The summed E-state index contributed by atoms with van der Waals surface area (Å²) in [6.07, 6.45) is 34.6. The van der Waals surface area contributed by atoms with Gasteiger partial charge in [-0.2, -0.15) is 0 Å². The Bertz CT molecular complexity index is 985. The van der Waals surface area contributed by atoms with Crippen molar-refractivity contribution in [3.63, 3.8) is 0 Å². The van der Waals surface area contributed by atoms with Crippen LogP contribution in [0.3, 0.4) is 0 Å². The van der Waals surface area contributed by atoms with Crippen LogP contribution in [0.1, 0.15) is 206 Å². The smallest absolute Gasteiger partial charge is 0.306 e. The Balaban J connectivity index is 2.31. The molecule has 334 valence electrons. The number of allylic oxidation sites excluding steroid dienone is 4. The number of esters is 2. The molecule has 1 saturated heterocycles. The van der Waals surface area contributed by atoms with E-state index in [0.717, 1.165) is 57.8 Å². The van der Waals surface area contributed by atoms with Crippen LogP contribution >= 0.6 is 0 Å². The van der Waals surface area contributed by atoms with Gasteiger partial charge in [0.2, 0.25) is 0 Å². The van der Waals surface area contributed by atoms with Crippen molar-refractivity contribution < 1.29 is 49.0 Å². The summed E-state index contributed by atoms with van der Waals surface area (Å²) in [7, 11) is 0. The van der Waals surface area contributed by atoms with Crippen molar-refractivity contribution in [2.45, 2.75) is 243 Å². The molecule has 1 heterocycles. The molecular formula is C47H86O10. The number of carbonyl (C=O) groups excluding carboxylic acids is 2. The van der Waals surface area contributed by atoms with Crippen LogP contribution < -0.4 is 0 Å². The molecule has 6 atom stereocenters. The maximum absolute atomic E-state index is 12.8. The van der Waals surface area contributed by atoms with Crippen molar-refractivity contribution in [1.82, 2.24) is 0 Å². The van der Waals surface area contributed by atoms with Crippen molar-refractivity contribution in [3.05, 3.63) is 24.3 Å². The predicted molar refractivity (Wildman–Crippen MR) is 229 cm³/mol. The van der Waals surface area contributed by atoms with Crippen molar-refractivity contribution in [3.8, 4) is 0 Å². The third kappa shape index (κ3) is 30.0. The molecule has 0 aliphatic carbocycles. The fourth-order valence-electron chi connectivity index (χ4n) is 7.10. The first-order valence-electron chi connectivity index (χ1n) is 23.4. The van der Waals surface area contributed by atoms with E-state index in [2.05, 4.69) is 38.2 Å². The highest BCUT2D eigenvalue weighted by molar-refractivity contribution is 5.70. The largest absolute Gasteiger partial charge is 0.462 e. The van der Waals surface area contributed by atoms with Gasteiger partial charge >= 0.3 is 11.9 Å². The molecule has 0 spiro atoms. The molecule has 10 nitrogen and oxygen atoms in total. The quantitative estimate of drug-likeness (QED) is 0.0268. The zero-order valence-corrected chi connectivity index (χ0v) is 36.3. The van der Waals surface area contributed by atoms with Gasteiger partial charge in [-0.15, -0.1) is 0 Å². The standard InChI is InChI=1S/C47H86O10/c1-3-5-7-9-11-13-15-17-19-20-22-23-25-27-29-31-33-35-42(49)54-38-40(39-55-47-46(53)45(52)44(51)41(37-48)57-47)56-43(50)36-34-32-30-28-26-24-21-18-16-14-12-10-8-6-4-2/h11,13,17,19,40-41,44-48,51-53H,3-10,12,14-16,18,20-39H2,1-2H3/b13-11+,19-17+/t40-,41-,44+,45?,46?,47-/m0/s1. The highest BCUT2D eigenvalue weighted by Crippen LogP contribution is 2.23. The van der Waals surface area contributed by atoms with Gasteiger partial charge < -0.3 is 39.4 Å². The van der Waals surface area contributed by atoms with Crippen LogP contribution in [0, 0.1) is 0 Å². The lowest BCUT2D eigenvalue weighted by molar-refractivity contribution is -0.305. The molecule has 0 radical (unpaired) electrons. The van der Waals surface area contributed by atoms with Gasteiger partial charge in [0.25, 0.3) is 0 Å². The van der Waals surface area contributed by atoms with E-state index in [9.17, 15) is 30.0 Å². The van der Waals surface area contributed by atoms with Gasteiger partial charge in [0.15, 0.2) is 12.4 Å². The van der Waals surface area contributed by atoms with Crippen LogP contribution in [0.5, 0.6) is 0 Å². The number of ether oxygens (including phenoxy) is 4. The molecule has 1 aliphatic rings. The molecule has 0 amide bonds. The minimum absolute atomic E-state index is 0.218. The maximum atomic E-state index is 12.8. The van der Waals surface area contributed by atoms with E-state index in [-0.39, 0.29) is 32.0 Å². The average Bonchev–Trinajstić information content (AvgIpc) is 3.21. The van der Waals surface area contributed by atoms with Crippen molar-refractivity contribution in [2.75, 3.05) is 19.8 Å². The molecule has 0 aromatic rings. The molecule has 1 rings (SSSR count). The fraction of sp³-hybridized carbons (Fsp3) is 0.872. The monoisotopic (exact) mass is 811 g/mol. The Morgan fingerprint density at radius 2 is 0.982 bits per heavy atom. The number of rotatable bonds is 39. The van der Waals surface area contributed by atoms with Crippen LogP contribution in [0.4, 0.5) is 0 Å². The molecule has 1 fully saturated rings. The Hall–Kier alpha value is -1.82. The summed E-state index contributed by atoms with van der Waals surface area (Å²) in [5, 5.41) is 40.1. The van der Waals surface area contributed by atoms with Crippen LogP contribution in [0.15, 0.2) is 24.3 Å². The second kappa shape index (κ2) is 38.4. The van der Waals surface area contributed by atoms with E-state index in [1.165, 1.54) is 116 Å². The lowest BCUT2D eigenvalue weighted by atomic mass is 9.99. The van der Waals surface area contributed by atoms with Gasteiger partial charge in [-0.3, -0.25) is 9.59 Å². The Morgan fingerprint density at radius 3 is 1.49 bits per heavy atom. The first-order chi connectivity index (χ1) is 27.8. The molecule has 0 aromatic carbocycles. The minimum atomic E-state index is -1.59. The first-order valence-corrected chi connectivity index (χ1v) is 23.4. The average molecular weight is 811 g/mol. The van der Waals surface area contributed by atoms with Crippen LogP contribution in [-0.4, -0.2) is 89.0 Å². The highest BCUT2D eigenvalue weighted by atomic mass is 16.7. The van der Waals surface area contributed by atoms with Gasteiger partial charge in [0, 0.05) is 12.8 Å². The number of aliphatic hydroxyl groups excluding tert-OH is 4. The number of unbranched alkanes of at least 4 members (excludes halogenated alkanes) is 24. The highest BCUT2D eigenvalue weighted by Gasteiger charge is 2.44. The van der Waals surface area contributed by atoms with Crippen LogP contribution in [0.25, 0.3) is 0 Å². The maximum Gasteiger partial charge on any atom is 0.306 e. The minimum Gasteiger partial charge on any atom is -0.462 e. The third-order valence-electron chi connectivity index (χ3n) is 10.8. The normalized spacial score (nSPS) is 20.4. The van der Waals surface area contributed by atoms with E-state index in [1.807, 2.05) is 0 Å². The summed E-state index contributed by atoms with van der Waals surface area (Å²) in [4.78, 5) is 25.4. The van der Waals surface area contributed by atoms with Crippen molar-refractivity contribution >= 4 is 11.9 Å². The predicted octanol–water partition coefficient (Wildman–Crippen LogP) is 10.1. The number of carbonyl (C=O) groups is 2. The summed E-state index contributed by atoms with van der Waals surface area (Å²) in [5.74, 6) is -0.807. The fourth-order valence-corrected chi connectivity index (χ4v) is 7.10. The van der Waals surface area contributed by atoms with Crippen LogP contribution in [-0.2, 0) is 28.5 Å². The SMILES string of the molecule is CCCCC/C=C/C/C=C/CCCCCCCCCC(=O)OC[C@@H](CO[C@H]1O[C@@H](CO)[C@@H](O)C(O)C1O)OC(=O)CCCCCCCCCCCCCCCCC. The van der Waals surface area contributed by atoms with Gasteiger partial charge in [0.05, 0.1) is 13.2 Å².